The van der Waals surface area contributed by atoms with Crippen molar-refractivity contribution >= 4 is 5.71 Å². The monoisotopic (exact) mass is 307 g/mol. The SMILES string of the molecule is FC1=CC2C(/C=C3\CCCN=C3c3cccnc3)=CNC2C=C1. The molecule has 0 radical (unpaired) electrons. The van der Waals surface area contributed by atoms with Crippen molar-refractivity contribution in [1.82, 2.24) is 10.3 Å². The van der Waals surface area contributed by atoms with Crippen LogP contribution in [0.1, 0.15) is 18.4 Å². The Kier molecular flexibility index (Phi) is 3.66. The topological polar surface area (TPSA) is 37.3 Å². The number of pyridine rings is 1. The van der Waals surface area contributed by atoms with Crippen molar-refractivity contribution in [2.75, 3.05) is 6.54 Å². The molecule has 0 fully saturated rings. The summed E-state index contributed by atoms with van der Waals surface area (Å²) in [7, 11) is 0. The van der Waals surface area contributed by atoms with Gasteiger partial charge in [0.2, 0.25) is 0 Å². The van der Waals surface area contributed by atoms with Crippen LogP contribution in [0.5, 0.6) is 0 Å². The molecular formula is C19H18FN3. The number of hydrogen-bond donors (Lipinski definition) is 1. The molecule has 1 aromatic rings. The van der Waals surface area contributed by atoms with E-state index >= 15 is 0 Å². The summed E-state index contributed by atoms with van der Waals surface area (Å²) in [5, 5.41) is 3.32. The van der Waals surface area contributed by atoms with Crippen LogP contribution in [0.15, 0.2) is 77.0 Å². The maximum atomic E-state index is 13.6. The number of nitrogens with zero attached hydrogens (tertiary/aromatic N) is 2. The van der Waals surface area contributed by atoms with Crippen molar-refractivity contribution in [1.29, 1.82) is 0 Å². The largest absolute Gasteiger partial charge is 0.383 e. The Morgan fingerprint density at radius 2 is 2.30 bits per heavy atom. The first-order valence-corrected chi connectivity index (χ1v) is 7.99. The Labute approximate surface area is 135 Å². The third kappa shape index (κ3) is 2.77. The van der Waals surface area contributed by atoms with Gasteiger partial charge in [-0.2, -0.15) is 0 Å². The Morgan fingerprint density at radius 3 is 3.17 bits per heavy atom. The third-order valence-electron chi connectivity index (χ3n) is 4.47. The first-order chi connectivity index (χ1) is 11.3. The molecule has 0 saturated heterocycles. The van der Waals surface area contributed by atoms with Gasteiger partial charge in [-0.15, -0.1) is 0 Å². The second-order valence-corrected chi connectivity index (χ2v) is 6.02. The molecular weight excluding hydrogens is 289 g/mol. The van der Waals surface area contributed by atoms with Crippen LogP contribution in [0.2, 0.25) is 0 Å². The third-order valence-corrected chi connectivity index (χ3v) is 4.47. The minimum Gasteiger partial charge on any atom is -0.383 e. The summed E-state index contributed by atoms with van der Waals surface area (Å²) < 4.78 is 13.6. The number of hydrogen-bond acceptors (Lipinski definition) is 3. The first kappa shape index (κ1) is 14.1. The maximum Gasteiger partial charge on any atom is 0.119 e. The van der Waals surface area contributed by atoms with Gasteiger partial charge in [0.1, 0.15) is 5.83 Å². The zero-order chi connectivity index (χ0) is 15.6. The van der Waals surface area contributed by atoms with Crippen molar-refractivity contribution in [3.8, 4) is 0 Å². The van der Waals surface area contributed by atoms with E-state index in [1.807, 2.05) is 30.6 Å². The first-order valence-electron chi connectivity index (χ1n) is 7.99. The molecule has 0 spiro atoms. The van der Waals surface area contributed by atoms with Gasteiger partial charge in [-0.25, -0.2) is 4.39 Å². The minimum atomic E-state index is -0.163. The molecule has 0 amide bonds. The van der Waals surface area contributed by atoms with E-state index in [1.165, 1.54) is 11.6 Å². The van der Waals surface area contributed by atoms with E-state index in [1.54, 1.807) is 12.3 Å². The molecule has 0 bridgehead atoms. The molecule has 3 heterocycles. The highest BCUT2D eigenvalue weighted by molar-refractivity contribution is 6.13. The van der Waals surface area contributed by atoms with Gasteiger partial charge in [0, 0.05) is 36.6 Å². The smallest absolute Gasteiger partial charge is 0.119 e. The van der Waals surface area contributed by atoms with Crippen LogP contribution in [-0.2, 0) is 0 Å². The number of fused-ring (bicyclic) bond motifs is 1. The van der Waals surface area contributed by atoms with Crippen molar-refractivity contribution in [2.24, 2.45) is 10.9 Å². The summed E-state index contributed by atoms with van der Waals surface area (Å²) in [6.07, 6.45) is 14.9. The molecule has 1 N–H and O–H groups in total. The molecule has 2 atom stereocenters. The molecule has 4 rings (SSSR count). The fraction of sp³-hybridized carbons (Fsp3) is 0.263. The predicted molar refractivity (Wildman–Crippen MR) is 89.8 cm³/mol. The molecule has 23 heavy (non-hydrogen) atoms. The van der Waals surface area contributed by atoms with Crippen LogP contribution in [-0.4, -0.2) is 23.3 Å². The second kappa shape index (κ2) is 5.95. The van der Waals surface area contributed by atoms with Crippen LogP contribution in [0.25, 0.3) is 0 Å². The summed E-state index contributed by atoms with van der Waals surface area (Å²) >= 11 is 0. The molecule has 3 nitrogen and oxygen atoms in total. The van der Waals surface area contributed by atoms with E-state index < -0.39 is 0 Å². The van der Waals surface area contributed by atoms with Gasteiger partial charge in [0.15, 0.2) is 0 Å². The summed E-state index contributed by atoms with van der Waals surface area (Å²) in [6.45, 7) is 0.849. The number of aliphatic imine (C=N–C) groups is 1. The van der Waals surface area contributed by atoms with E-state index in [4.69, 9.17) is 4.99 Å². The molecule has 1 aliphatic carbocycles. The van der Waals surface area contributed by atoms with E-state index in [-0.39, 0.29) is 17.8 Å². The molecule has 3 aliphatic rings. The number of rotatable bonds is 2. The van der Waals surface area contributed by atoms with Crippen LogP contribution in [0.4, 0.5) is 4.39 Å². The summed E-state index contributed by atoms with van der Waals surface area (Å²) in [5.41, 5.74) is 4.39. The van der Waals surface area contributed by atoms with Crippen LogP contribution >= 0.6 is 0 Å². The highest BCUT2D eigenvalue weighted by atomic mass is 19.1. The fourth-order valence-corrected chi connectivity index (χ4v) is 3.34. The highest BCUT2D eigenvalue weighted by Gasteiger charge is 2.28. The van der Waals surface area contributed by atoms with Gasteiger partial charge in [-0.3, -0.25) is 9.98 Å². The minimum absolute atomic E-state index is 0.0598. The van der Waals surface area contributed by atoms with E-state index in [9.17, 15) is 4.39 Å². The van der Waals surface area contributed by atoms with Crippen molar-refractivity contribution in [3.05, 3.63) is 77.6 Å². The average Bonchev–Trinajstić information content (AvgIpc) is 2.98. The van der Waals surface area contributed by atoms with Gasteiger partial charge < -0.3 is 5.32 Å². The lowest BCUT2D eigenvalue weighted by Crippen LogP contribution is -2.25. The van der Waals surface area contributed by atoms with E-state index in [0.29, 0.717) is 0 Å². The second-order valence-electron chi connectivity index (χ2n) is 6.02. The molecule has 116 valence electrons. The predicted octanol–water partition coefficient (Wildman–Crippen LogP) is 3.49. The van der Waals surface area contributed by atoms with Gasteiger partial charge in [0.25, 0.3) is 0 Å². The zero-order valence-corrected chi connectivity index (χ0v) is 12.7. The molecule has 1 aromatic heterocycles. The molecule has 2 aliphatic heterocycles. The van der Waals surface area contributed by atoms with E-state index in [2.05, 4.69) is 16.4 Å². The summed E-state index contributed by atoms with van der Waals surface area (Å²) in [6, 6.07) is 4.13. The van der Waals surface area contributed by atoms with Crippen LogP contribution in [0, 0.1) is 5.92 Å². The standard InChI is InChI=1S/C19H18FN3/c20-16-5-6-18-17(10-16)15(12-23-18)9-13-3-2-8-22-19(13)14-4-1-7-21-11-14/h1,4-7,9-12,17-18,23H,2-3,8H2/b13-9+. The zero-order valence-electron chi connectivity index (χ0n) is 12.7. The molecule has 4 heteroatoms. The number of aromatic nitrogens is 1. The van der Waals surface area contributed by atoms with Crippen molar-refractivity contribution < 1.29 is 4.39 Å². The molecule has 0 aromatic carbocycles. The number of nitrogens with one attached hydrogen (secondary N) is 1. The summed E-state index contributed by atoms with van der Waals surface area (Å²) in [5.74, 6) is -0.103. The van der Waals surface area contributed by atoms with Crippen LogP contribution in [0.3, 0.4) is 0 Å². The maximum absolute atomic E-state index is 13.6. The van der Waals surface area contributed by atoms with Gasteiger partial charge in [-0.05, 0) is 48.3 Å². The van der Waals surface area contributed by atoms with Crippen LogP contribution < -0.4 is 5.32 Å². The lowest BCUT2D eigenvalue weighted by atomic mass is 9.87. The molecule has 2 unspecified atom stereocenters. The highest BCUT2D eigenvalue weighted by Crippen LogP contribution is 2.32. The van der Waals surface area contributed by atoms with Crippen molar-refractivity contribution in [2.45, 2.75) is 18.9 Å². The number of allylic oxidation sites excluding steroid dienone is 4. The quantitative estimate of drug-likeness (QED) is 0.908. The lowest BCUT2D eigenvalue weighted by molar-refractivity contribution is 0.583. The lowest BCUT2D eigenvalue weighted by Gasteiger charge is -2.20. The average molecular weight is 307 g/mol. The number of halogens is 1. The normalized spacial score (nSPS) is 27.9. The Morgan fingerprint density at radius 1 is 1.35 bits per heavy atom. The van der Waals surface area contributed by atoms with Gasteiger partial charge in [0.05, 0.1) is 11.8 Å². The molecule has 0 saturated carbocycles. The Balaban J connectivity index is 1.66. The Hall–Kier alpha value is -2.49. The fourth-order valence-electron chi connectivity index (χ4n) is 3.34. The Bertz CT molecular complexity index is 756. The summed E-state index contributed by atoms with van der Waals surface area (Å²) in [4.78, 5) is 8.90. The van der Waals surface area contributed by atoms with E-state index in [0.717, 1.165) is 36.2 Å². The van der Waals surface area contributed by atoms with Gasteiger partial charge in [-0.1, -0.05) is 12.2 Å². The van der Waals surface area contributed by atoms with Crippen molar-refractivity contribution in [3.63, 3.8) is 0 Å². The van der Waals surface area contributed by atoms with Gasteiger partial charge >= 0.3 is 0 Å².